The Hall–Kier alpha value is -3.60. The number of fused-ring (bicyclic) bond motifs is 1. The molecule has 0 radical (unpaired) electrons. The first kappa shape index (κ1) is 25.5. The topological polar surface area (TPSA) is 56.1 Å². The van der Waals surface area contributed by atoms with E-state index in [4.69, 9.17) is 9.72 Å². The Morgan fingerprint density at radius 2 is 1.67 bits per heavy atom. The maximum atomic E-state index is 12.4. The molecule has 0 spiro atoms. The summed E-state index contributed by atoms with van der Waals surface area (Å²) in [6.07, 6.45) is 3.92. The molecule has 5 heteroatoms. The maximum absolute atomic E-state index is 12.4. The van der Waals surface area contributed by atoms with Gasteiger partial charge >= 0.3 is 0 Å². The molecular weight excluding hydrogens is 446 g/mol. The Kier molecular flexibility index (Phi) is 8.09. The lowest BCUT2D eigenvalue weighted by molar-refractivity contribution is 0.0952. The van der Waals surface area contributed by atoms with Gasteiger partial charge in [0, 0.05) is 25.1 Å². The lowest BCUT2D eigenvalue weighted by Gasteiger charge is -2.18. The van der Waals surface area contributed by atoms with E-state index in [1.807, 2.05) is 18.2 Å². The largest absolute Gasteiger partial charge is 0.497 e. The second-order valence-electron chi connectivity index (χ2n) is 9.64. The SMILES string of the molecule is COc1cccc(C(=O)NCCCCCc2nc3ccccc3n2Cc2c(C)c(C)cc(C)c2C)c1. The Morgan fingerprint density at radius 3 is 2.42 bits per heavy atom. The molecule has 3 aromatic carbocycles. The van der Waals surface area contributed by atoms with Gasteiger partial charge in [0.05, 0.1) is 18.1 Å². The molecule has 4 aromatic rings. The minimum Gasteiger partial charge on any atom is -0.497 e. The molecule has 0 aliphatic heterocycles. The molecule has 1 heterocycles. The van der Waals surface area contributed by atoms with E-state index in [0.717, 1.165) is 43.6 Å². The first-order chi connectivity index (χ1) is 17.4. The number of aromatic nitrogens is 2. The van der Waals surface area contributed by atoms with Crippen LogP contribution in [0.1, 0.15) is 63.3 Å². The van der Waals surface area contributed by atoms with Crippen molar-refractivity contribution in [2.75, 3.05) is 13.7 Å². The number of hydrogen-bond donors (Lipinski definition) is 1. The molecular formula is C31H37N3O2. The highest BCUT2D eigenvalue weighted by atomic mass is 16.5. The molecule has 0 aliphatic carbocycles. The number of ether oxygens (including phenoxy) is 1. The summed E-state index contributed by atoms with van der Waals surface area (Å²) in [5.74, 6) is 1.77. The third kappa shape index (κ3) is 5.62. The molecule has 1 N–H and O–H groups in total. The van der Waals surface area contributed by atoms with Crippen molar-refractivity contribution in [1.29, 1.82) is 0 Å². The van der Waals surface area contributed by atoms with Crippen molar-refractivity contribution < 1.29 is 9.53 Å². The van der Waals surface area contributed by atoms with Crippen molar-refractivity contribution in [3.05, 3.63) is 93.8 Å². The van der Waals surface area contributed by atoms with Crippen LogP contribution in [-0.4, -0.2) is 29.1 Å². The van der Waals surface area contributed by atoms with Gasteiger partial charge in [-0.15, -0.1) is 0 Å². The number of unbranched alkanes of at least 4 members (excludes halogenated alkanes) is 2. The molecule has 0 saturated heterocycles. The number of amides is 1. The number of benzene rings is 3. The minimum atomic E-state index is -0.0603. The number of methoxy groups -OCH3 is 1. The predicted octanol–water partition coefficient (Wildman–Crippen LogP) is 6.47. The van der Waals surface area contributed by atoms with Crippen LogP contribution in [0.3, 0.4) is 0 Å². The van der Waals surface area contributed by atoms with Crippen LogP contribution in [0.2, 0.25) is 0 Å². The normalized spacial score (nSPS) is 11.1. The fourth-order valence-corrected chi connectivity index (χ4v) is 4.84. The number of rotatable bonds is 10. The molecule has 0 unspecified atom stereocenters. The number of aryl methyl sites for hydroxylation is 3. The summed E-state index contributed by atoms with van der Waals surface area (Å²) in [5.41, 5.74) is 9.69. The second-order valence-corrected chi connectivity index (χ2v) is 9.64. The van der Waals surface area contributed by atoms with Gasteiger partial charge in [-0.2, -0.15) is 0 Å². The van der Waals surface area contributed by atoms with Crippen LogP contribution in [0.15, 0.2) is 54.6 Å². The first-order valence-corrected chi connectivity index (χ1v) is 12.8. The molecule has 1 amide bonds. The first-order valence-electron chi connectivity index (χ1n) is 12.8. The summed E-state index contributed by atoms with van der Waals surface area (Å²) in [7, 11) is 1.61. The fourth-order valence-electron chi connectivity index (χ4n) is 4.84. The van der Waals surface area contributed by atoms with Crippen molar-refractivity contribution in [2.45, 2.75) is 59.9 Å². The molecule has 0 atom stereocenters. The number of carbonyl (C=O) groups excluding carboxylic acids is 1. The third-order valence-electron chi connectivity index (χ3n) is 7.27. The molecule has 0 fully saturated rings. The zero-order valence-electron chi connectivity index (χ0n) is 22.1. The number of nitrogens with zero attached hydrogens (tertiary/aromatic N) is 2. The van der Waals surface area contributed by atoms with Crippen LogP contribution in [0.5, 0.6) is 5.75 Å². The van der Waals surface area contributed by atoms with Crippen LogP contribution in [0, 0.1) is 27.7 Å². The number of imidazole rings is 1. The highest BCUT2D eigenvalue weighted by molar-refractivity contribution is 5.94. The van der Waals surface area contributed by atoms with Gasteiger partial charge in [0.1, 0.15) is 11.6 Å². The number of para-hydroxylation sites is 2. The van der Waals surface area contributed by atoms with Crippen molar-refractivity contribution in [1.82, 2.24) is 14.9 Å². The summed E-state index contributed by atoms with van der Waals surface area (Å²) in [5, 5.41) is 3.02. The van der Waals surface area contributed by atoms with Gasteiger partial charge in [-0.05, 0) is 98.7 Å². The molecule has 188 valence electrons. The Balaban J connectivity index is 1.39. The molecule has 0 saturated carbocycles. The molecule has 36 heavy (non-hydrogen) atoms. The van der Waals surface area contributed by atoms with Crippen molar-refractivity contribution >= 4 is 16.9 Å². The van der Waals surface area contributed by atoms with Crippen molar-refractivity contribution in [2.24, 2.45) is 0 Å². The number of hydrogen-bond acceptors (Lipinski definition) is 3. The van der Waals surface area contributed by atoms with Gasteiger partial charge in [0.25, 0.3) is 5.91 Å². The summed E-state index contributed by atoms with van der Waals surface area (Å²) < 4.78 is 7.61. The van der Waals surface area contributed by atoms with Gasteiger partial charge in [0.2, 0.25) is 0 Å². The van der Waals surface area contributed by atoms with E-state index in [-0.39, 0.29) is 5.91 Å². The Labute approximate surface area is 214 Å². The highest BCUT2D eigenvalue weighted by Crippen LogP contribution is 2.26. The van der Waals surface area contributed by atoms with E-state index >= 15 is 0 Å². The highest BCUT2D eigenvalue weighted by Gasteiger charge is 2.15. The lowest BCUT2D eigenvalue weighted by Crippen LogP contribution is -2.24. The lowest BCUT2D eigenvalue weighted by atomic mass is 9.94. The summed E-state index contributed by atoms with van der Waals surface area (Å²) in [6.45, 7) is 10.4. The monoisotopic (exact) mass is 483 g/mol. The minimum absolute atomic E-state index is 0.0603. The van der Waals surface area contributed by atoms with E-state index in [9.17, 15) is 4.79 Å². The molecule has 5 nitrogen and oxygen atoms in total. The van der Waals surface area contributed by atoms with Gasteiger partial charge in [-0.1, -0.05) is 30.7 Å². The van der Waals surface area contributed by atoms with E-state index in [1.54, 1.807) is 13.2 Å². The molecule has 0 bridgehead atoms. The van der Waals surface area contributed by atoms with Gasteiger partial charge in [0.15, 0.2) is 0 Å². The summed E-state index contributed by atoms with van der Waals surface area (Å²) in [6, 6.07) is 18.0. The molecule has 4 rings (SSSR count). The van der Waals surface area contributed by atoms with Crippen LogP contribution >= 0.6 is 0 Å². The average molecular weight is 484 g/mol. The second kappa shape index (κ2) is 11.4. The smallest absolute Gasteiger partial charge is 0.251 e. The van der Waals surface area contributed by atoms with Crippen LogP contribution in [0.4, 0.5) is 0 Å². The Bertz CT molecular complexity index is 1340. The predicted molar refractivity (Wildman–Crippen MR) is 147 cm³/mol. The van der Waals surface area contributed by atoms with Gasteiger partial charge in [-0.3, -0.25) is 4.79 Å². The fraction of sp³-hybridized carbons (Fsp3) is 0.355. The Morgan fingerprint density at radius 1 is 0.917 bits per heavy atom. The van der Waals surface area contributed by atoms with E-state index in [0.29, 0.717) is 17.9 Å². The van der Waals surface area contributed by atoms with E-state index in [1.165, 1.54) is 33.3 Å². The summed E-state index contributed by atoms with van der Waals surface area (Å²) in [4.78, 5) is 17.4. The average Bonchev–Trinajstić information content (AvgIpc) is 3.24. The number of nitrogens with one attached hydrogen (secondary N) is 1. The quantitative estimate of drug-likeness (QED) is 0.263. The van der Waals surface area contributed by atoms with Crippen molar-refractivity contribution in [3.8, 4) is 5.75 Å². The van der Waals surface area contributed by atoms with Crippen LogP contribution < -0.4 is 10.1 Å². The zero-order chi connectivity index (χ0) is 25.7. The van der Waals surface area contributed by atoms with E-state index in [2.05, 4.69) is 67.9 Å². The van der Waals surface area contributed by atoms with Gasteiger partial charge in [-0.25, -0.2) is 4.98 Å². The van der Waals surface area contributed by atoms with E-state index < -0.39 is 0 Å². The third-order valence-corrected chi connectivity index (χ3v) is 7.27. The number of carbonyl (C=O) groups is 1. The molecule has 0 aliphatic rings. The summed E-state index contributed by atoms with van der Waals surface area (Å²) >= 11 is 0. The standard InChI is InChI=1S/C31H37N3O2/c1-21-18-22(2)24(4)27(23(21)3)20-34-29-15-9-8-14-28(29)33-30(34)16-7-6-10-17-32-31(35)25-12-11-13-26(19-25)36-5/h8-9,11-15,18-19H,6-7,10,16-17,20H2,1-5H3,(H,32,35). The van der Waals surface area contributed by atoms with Crippen LogP contribution in [0.25, 0.3) is 11.0 Å². The zero-order valence-corrected chi connectivity index (χ0v) is 22.1. The van der Waals surface area contributed by atoms with Crippen LogP contribution in [-0.2, 0) is 13.0 Å². The van der Waals surface area contributed by atoms with Crippen molar-refractivity contribution in [3.63, 3.8) is 0 Å². The molecule has 1 aromatic heterocycles. The maximum Gasteiger partial charge on any atom is 0.251 e. The van der Waals surface area contributed by atoms with Gasteiger partial charge < -0.3 is 14.6 Å².